The number of amides is 1. The van der Waals surface area contributed by atoms with Gasteiger partial charge in [0.2, 0.25) is 5.91 Å². The first-order chi connectivity index (χ1) is 9.57. The van der Waals surface area contributed by atoms with Crippen molar-refractivity contribution in [3.63, 3.8) is 0 Å². The van der Waals surface area contributed by atoms with Gasteiger partial charge in [-0.2, -0.15) is 0 Å². The lowest BCUT2D eigenvalue weighted by atomic mass is 9.80. The number of esters is 1. The van der Waals surface area contributed by atoms with Crippen molar-refractivity contribution < 1.29 is 24.2 Å². The molecule has 0 spiro atoms. The molecular formula is C15H27NO5. The Labute approximate surface area is 126 Å². The highest BCUT2D eigenvalue weighted by molar-refractivity contribution is 5.84. The first kappa shape index (κ1) is 19.4. The van der Waals surface area contributed by atoms with Gasteiger partial charge in [-0.1, -0.05) is 27.7 Å². The molecular weight excluding hydrogens is 274 g/mol. The van der Waals surface area contributed by atoms with E-state index in [1.165, 1.54) is 0 Å². The summed E-state index contributed by atoms with van der Waals surface area (Å²) in [5.41, 5.74) is -0.0268. The molecule has 0 aliphatic rings. The molecule has 0 radical (unpaired) electrons. The molecule has 6 nitrogen and oxygen atoms in total. The van der Waals surface area contributed by atoms with Crippen LogP contribution in [0.2, 0.25) is 0 Å². The standard InChI is InChI=1S/C15H27NO5/c1-6-21-13(18)8-7-11(14(19)20)16-12(17)9-10(2)15(3,4)5/h10-11H,6-9H2,1-5H3,(H,16,17)(H,19,20)/t10?,11-/m0/s1. The molecule has 1 amide bonds. The number of carbonyl (C=O) groups is 3. The van der Waals surface area contributed by atoms with Crippen LogP contribution in [0.4, 0.5) is 0 Å². The minimum absolute atomic E-state index is 0.0268. The second-order valence-electron chi connectivity index (χ2n) is 6.27. The van der Waals surface area contributed by atoms with Gasteiger partial charge in [0.1, 0.15) is 6.04 Å². The zero-order valence-electron chi connectivity index (χ0n) is 13.6. The van der Waals surface area contributed by atoms with E-state index < -0.39 is 18.0 Å². The molecule has 0 saturated carbocycles. The molecule has 0 bridgehead atoms. The van der Waals surface area contributed by atoms with Crippen molar-refractivity contribution in [2.75, 3.05) is 6.61 Å². The summed E-state index contributed by atoms with van der Waals surface area (Å²) < 4.78 is 4.74. The third kappa shape index (κ3) is 8.32. The maximum Gasteiger partial charge on any atom is 0.326 e. The fraction of sp³-hybridized carbons (Fsp3) is 0.800. The van der Waals surface area contributed by atoms with E-state index in [1.807, 2.05) is 27.7 Å². The van der Waals surface area contributed by atoms with Gasteiger partial charge >= 0.3 is 11.9 Å². The maximum absolute atomic E-state index is 11.9. The number of aliphatic carboxylic acids is 1. The summed E-state index contributed by atoms with van der Waals surface area (Å²) in [4.78, 5) is 34.3. The van der Waals surface area contributed by atoms with Gasteiger partial charge in [-0.15, -0.1) is 0 Å². The summed E-state index contributed by atoms with van der Waals surface area (Å²) in [6.45, 7) is 9.98. The van der Waals surface area contributed by atoms with Crippen LogP contribution < -0.4 is 5.32 Å². The average Bonchev–Trinajstić information content (AvgIpc) is 2.33. The van der Waals surface area contributed by atoms with Crippen molar-refractivity contribution in [1.29, 1.82) is 0 Å². The molecule has 0 aromatic rings. The lowest BCUT2D eigenvalue weighted by Gasteiger charge is -2.27. The lowest BCUT2D eigenvalue weighted by molar-refractivity contribution is -0.145. The van der Waals surface area contributed by atoms with Crippen LogP contribution in [0.3, 0.4) is 0 Å². The Balaban J connectivity index is 4.41. The van der Waals surface area contributed by atoms with E-state index in [4.69, 9.17) is 9.84 Å². The number of carbonyl (C=O) groups excluding carboxylic acids is 2. The van der Waals surface area contributed by atoms with Crippen molar-refractivity contribution in [1.82, 2.24) is 5.32 Å². The number of carboxylic acids is 1. The van der Waals surface area contributed by atoms with Crippen molar-refractivity contribution in [2.45, 2.75) is 59.9 Å². The number of ether oxygens (including phenoxy) is 1. The third-order valence-electron chi connectivity index (χ3n) is 3.55. The van der Waals surface area contributed by atoms with Crippen LogP contribution >= 0.6 is 0 Å². The molecule has 0 heterocycles. The second-order valence-corrected chi connectivity index (χ2v) is 6.27. The normalized spacial score (nSPS) is 14.1. The molecule has 0 aliphatic heterocycles. The number of rotatable bonds is 8. The molecule has 0 aliphatic carbocycles. The third-order valence-corrected chi connectivity index (χ3v) is 3.55. The maximum atomic E-state index is 11.9. The van der Waals surface area contributed by atoms with Gasteiger partial charge in [0.25, 0.3) is 0 Å². The molecule has 0 aromatic carbocycles. The summed E-state index contributed by atoms with van der Waals surface area (Å²) in [7, 11) is 0. The Bertz CT molecular complexity index is 373. The summed E-state index contributed by atoms with van der Waals surface area (Å²) in [6.07, 6.45) is 0.260. The van der Waals surface area contributed by atoms with E-state index in [2.05, 4.69) is 5.32 Å². The molecule has 6 heteroatoms. The minimum Gasteiger partial charge on any atom is -0.480 e. The summed E-state index contributed by atoms with van der Waals surface area (Å²) in [6, 6.07) is -1.06. The van der Waals surface area contributed by atoms with Crippen molar-refractivity contribution in [3.8, 4) is 0 Å². The fourth-order valence-corrected chi connectivity index (χ4v) is 1.59. The lowest BCUT2D eigenvalue weighted by Crippen LogP contribution is -2.42. The topological polar surface area (TPSA) is 92.7 Å². The molecule has 2 N–H and O–H groups in total. The Morgan fingerprint density at radius 1 is 1.24 bits per heavy atom. The smallest absolute Gasteiger partial charge is 0.326 e. The van der Waals surface area contributed by atoms with E-state index in [0.29, 0.717) is 0 Å². The number of carboxylic acid groups (broad SMARTS) is 1. The van der Waals surface area contributed by atoms with Gasteiger partial charge < -0.3 is 15.2 Å². The van der Waals surface area contributed by atoms with E-state index >= 15 is 0 Å². The van der Waals surface area contributed by atoms with Crippen LogP contribution in [-0.2, 0) is 19.1 Å². The van der Waals surface area contributed by atoms with Gasteiger partial charge in [0.05, 0.1) is 6.61 Å². The zero-order valence-corrected chi connectivity index (χ0v) is 13.6. The molecule has 1 unspecified atom stereocenters. The van der Waals surface area contributed by atoms with E-state index in [0.717, 1.165) is 0 Å². The fourth-order valence-electron chi connectivity index (χ4n) is 1.59. The zero-order chi connectivity index (χ0) is 16.6. The van der Waals surface area contributed by atoms with Gasteiger partial charge in [-0.25, -0.2) is 4.79 Å². The largest absolute Gasteiger partial charge is 0.480 e. The Hall–Kier alpha value is -1.59. The summed E-state index contributed by atoms with van der Waals surface area (Å²) in [5, 5.41) is 11.6. The van der Waals surface area contributed by atoms with E-state index in [-0.39, 0.29) is 43.1 Å². The summed E-state index contributed by atoms with van der Waals surface area (Å²) >= 11 is 0. The predicted octanol–water partition coefficient (Wildman–Crippen LogP) is 1.97. The van der Waals surface area contributed by atoms with Gasteiger partial charge in [0, 0.05) is 12.8 Å². The number of hydrogen-bond donors (Lipinski definition) is 2. The first-order valence-electron chi connectivity index (χ1n) is 7.25. The Kier molecular flexibility index (Phi) is 7.99. The highest BCUT2D eigenvalue weighted by atomic mass is 16.5. The van der Waals surface area contributed by atoms with Crippen molar-refractivity contribution in [3.05, 3.63) is 0 Å². The van der Waals surface area contributed by atoms with Crippen molar-refractivity contribution >= 4 is 17.8 Å². The van der Waals surface area contributed by atoms with Crippen molar-refractivity contribution in [2.24, 2.45) is 11.3 Å². The first-order valence-corrected chi connectivity index (χ1v) is 7.25. The van der Waals surface area contributed by atoms with Crippen LogP contribution in [0.5, 0.6) is 0 Å². The molecule has 0 saturated heterocycles. The molecule has 21 heavy (non-hydrogen) atoms. The van der Waals surface area contributed by atoms with E-state index in [9.17, 15) is 14.4 Å². The van der Waals surface area contributed by atoms with Gasteiger partial charge in [-0.3, -0.25) is 9.59 Å². The SMILES string of the molecule is CCOC(=O)CC[C@H](NC(=O)CC(C)C(C)(C)C)C(=O)O. The van der Waals surface area contributed by atoms with Crippen LogP contribution in [-0.4, -0.2) is 35.6 Å². The van der Waals surface area contributed by atoms with Gasteiger partial charge in [0.15, 0.2) is 0 Å². The molecule has 0 aromatic heterocycles. The molecule has 122 valence electrons. The molecule has 2 atom stereocenters. The summed E-state index contributed by atoms with van der Waals surface area (Å²) in [5.74, 6) is -1.79. The quantitative estimate of drug-likeness (QED) is 0.669. The van der Waals surface area contributed by atoms with Crippen LogP contribution in [0.15, 0.2) is 0 Å². The van der Waals surface area contributed by atoms with Gasteiger partial charge in [-0.05, 0) is 24.7 Å². The highest BCUT2D eigenvalue weighted by Gasteiger charge is 2.26. The Morgan fingerprint density at radius 2 is 1.81 bits per heavy atom. The molecule has 0 rings (SSSR count). The Morgan fingerprint density at radius 3 is 2.24 bits per heavy atom. The number of hydrogen-bond acceptors (Lipinski definition) is 4. The average molecular weight is 301 g/mol. The monoisotopic (exact) mass is 301 g/mol. The van der Waals surface area contributed by atoms with Crippen LogP contribution in [0.1, 0.15) is 53.9 Å². The van der Waals surface area contributed by atoms with E-state index in [1.54, 1.807) is 6.92 Å². The van der Waals surface area contributed by atoms with Crippen LogP contribution in [0.25, 0.3) is 0 Å². The number of nitrogens with one attached hydrogen (secondary N) is 1. The minimum atomic E-state index is -1.14. The second kappa shape index (κ2) is 8.64. The molecule has 0 fully saturated rings. The highest BCUT2D eigenvalue weighted by Crippen LogP contribution is 2.27. The predicted molar refractivity (Wildman–Crippen MR) is 78.7 cm³/mol. The van der Waals surface area contributed by atoms with Crippen LogP contribution in [0, 0.1) is 11.3 Å².